The summed E-state index contributed by atoms with van der Waals surface area (Å²) in [6.07, 6.45) is 0.758. The van der Waals surface area contributed by atoms with Gasteiger partial charge in [0.1, 0.15) is 0 Å². The topological polar surface area (TPSA) is 40.5 Å². The third-order valence-corrected chi connectivity index (χ3v) is 3.89. The van der Waals surface area contributed by atoms with Gasteiger partial charge in [-0.1, -0.05) is 6.07 Å². The van der Waals surface area contributed by atoms with Crippen LogP contribution in [0.1, 0.15) is 18.2 Å². The van der Waals surface area contributed by atoms with Crippen molar-refractivity contribution < 1.29 is 9.90 Å². The molecule has 1 unspecified atom stereocenters. The fourth-order valence-electron chi connectivity index (χ4n) is 1.99. The quantitative estimate of drug-likeness (QED) is 0.856. The monoisotopic (exact) mass is 225 g/mol. The van der Waals surface area contributed by atoms with Crippen LogP contribution in [-0.2, 0) is 11.3 Å². The van der Waals surface area contributed by atoms with Gasteiger partial charge in [0.15, 0.2) is 0 Å². The predicted octanol–water partition coefficient (Wildman–Crippen LogP) is 2.04. The van der Waals surface area contributed by atoms with Crippen molar-refractivity contribution in [1.29, 1.82) is 0 Å². The van der Waals surface area contributed by atoms with Gasteiger partial charge in [0, 0.05) is 18.0 Å². The number of thiophene rings is 1. The highest BCUT2D eigenvalue weighted by atomic mass is 32.1. The molecule has 0 aromatic carbocycles. The van der Waals surface area contributed by atoms with E-state index in [9.17, 15) is 4.79 Å². The van der Waals surface area contributed by atoms with E-state index in [0.29, 0.717) is 6.54 Å². The van der Waals surface area contributed by atoms with Gasteiger partial charge in [-0.05, 0) is 31.3 Å². The minimum Gasteiger partial charge on any atom is -0.481 e. The Morgan fingerprint density at radius 1 is 1.73 bits per heavy atom. The first-order valence-corrected chi connectivity index (χ1v) is 5.96. The summed E-state index contributed by atoms with van der Waals surface area (Å²) in [4.78, 5) is 14.6. The zero-order chi connectivity index (χ0) is 10.9. The summed E-state index contributed by atoms with van der Waals surface area (Å²) in [6, 6.07) is 4.13. The molecule has 0 spiro atoms. The third-order valence-electron chi connectivity index (χ3n) is 3.03. The van der Waals surface area contributed by atoms with E-state index in [1.54, 1.807) is 11.3 Å². The van der Waals surface area contributed by atoms with Gasteiger partial charge in [-0.2, -0.15) is 0 Å². The minimum atomic E-state index is -0.670. The lowest BCUT2D eigenvalue weighted by atomic mass is 9.90. The van der Waals surface area contributed by atoms with E-state index in [1.165, 1.54) is 4.88 Å². The van der Waals surface area contributed by atoms with Crippen molar-refractivity contribution >= 4 is 17.3 Å². The lowest BCUT2D eigenvalue weighted by molar-refractivity contribution is -0.147. The number of nitrogens with zero attached hydrogens (tertiary/aromatic N) is 1. The molecule has 0 amide bonds. The Morgan fingerprint density at radius 3 is 3.07 bits per heavy atom. The molecule has 0 saturated carbocycles. The Balaban J connectivity index is 1.96. The van der Waals surface area contributed by atoms with Gasteiger partial charge >= 0.3 is 5.97 Å². The van der Waals surface area contributed by atoms with Crippen molar-refractivity contribution in [2.75, 3.05) is 13.1 Å². The van der Waals surface area contributed by atoms with E-state index in [1.807, 2.05) is 13.0 Å². The fourth-order valence-corrected chi connectivity index (χ4v) is 2.74. The second kappa shape index (κ2) is 3.94. The Bertz CT molecular complexity index is 349. The van der Waals surface area contributed by atoms with Crippen LogP contribution in [0.15, 0.2) is 17.5 Å². The predicted molar refractivity (Wildman–Crippen MR) is 60.0 cm³/mol. The molecule has 1 N–H and O–H groups in total. The van der Waals surface area contributed by atoms with E-state index in [4.69, 9.17) is 5.11 Å². The molecule has 1 aliphatic rings. The van der Waals surface area contributed by atoms with Crippen molar-refractivity contribution in [3.63, 3.8) is 0 Å². The number of aliphatic carboxylic acids is 1. The zero-order valence-corrected chi connectivity index (χ0v) is 9.59. The van der Waals surface area contributed by atoms with Gasteiger partial charge in [-0.25, -0.2) is 0 Å². The Labute approximate surface area is 93.3 Å². The van der Waals surface area contributed by atoms with Crippen LogP contribution in [0.25, 0.3) is 0 Å². The lowest BCUT2D eigenvalue weighted by Crippen LogP contribution is -2.31. The van der Waals surface area contributed by atoms with Crippen LogP contribution < -0.4 is 0 Å². The maximum atomic E-state index is 11.0. The largest absolute Gasteiger partial charge is 0.481 e. The van der Waals surface area contributed by atoms with Gasteiger partial charge in [-0.15, -0.1) is 11.3 Å². The molecular weight excluding hydrogens is 210 g/mol. The van der Waals surface area contributed by atoms with Crippen molar-refractivity contribution in [1.82, 2.24) is 4.90 Å². The van der Waals surface area contributed by atoms with Crippen LogP contribution in [0.5, 0.6) is 0 Å². The van der Waals surface area contributed by atoms with Crippen LogP contribution in [0.4, 0.5) is 0 Å². The first kappa shape index (κ1) is 10.6. The summed E-state index contributed by atoms with van der Waals surface area (Å²) < 4.78 is 0. The number of rotatable bonds is 3. The maximum absolute atomic E-state index is 11.0. The van der Waals surface area contributed by atoms with E-state index in [-0.39, 0.29) is 0 Å². The van der Waals surface area contributed by atoms with Gasteiger partial charge in [0.05, 0.1) is 5.41 Å². The first-order chi connectivity index (χ1) is 7.10. The first-order valence-electron chi connectivity index (χ1n) is 5.08. The molecule has 1 aromatic rings. The van der Waals surface area contributed by atoms with Crippen molar-refractivity contribution in [3.8, 4) is 0 Å². The molecule has 82 valence electrons. The summed E-state index contributed by atoms with van der Waals surface area (Å²) in [7, 11) is 0. The van der Waals surface area contributed by atoms with Crippen molar-refractivity contribution in [3.05, 3.63) is 22.4 Å². The average Bonchev–Trinajstić information content (AvgIpc) is 2.77. The van der Waals surface area contributed by atoms with E-state index < -0.39 is 11.4 Å². The molecule has 1 aliphatic heterocycles. The molecule has 0 aliphatic carbocycles. The summed E-state index contributed by atoms with van der Waals surface area (Å²) in [5, 5.41) is 11.1. The van der Waals surface area contributed by atoms with Crippen molar-refractivity contribution in [2.45, 2.75) is 19.9 Å². The van der Waals surface area contributed by atoms with Crippen molar-refractivity contribution in [2.24, 2.45) is 5.41 Å². The standard InChI is InChI=1S/C11H15NO2S/c1-11(10(13)14)4-5-12(8-11)7-9-3-2-6-15-9/h2-3,6H,4-5,7-8H2,1H3,(H,13,14). The molecule has 0 radical (unpaired) electrons. The fraction of sp³-hybridized carbons (Fsp3) is 0.545. The third kappa shape index (κ3) is 2.21. The molecule has 1 saturated heterocycles. The van der Waals surface area contributed by atoms with Crippen LogP contribution in [0.3, 0.4) is 0 Å². The number of carboxylic acid groups (broad SMARTS) is 1. The van der Waals surface area contributed by atoms with Gasteiger partial charge in [-0.3, -0.25) is 9.69 Å². The molecule has 1 fully saturated rings. The maximum Gasteiger partial charge on any atom is 0.310 e. The lowest BCUT2D eigenvalue weighted by Gasteiger charge is -2.19. The molecule has 1 aromatic heterocycles. The highest BCUT2D eigenvalue weighted by Crippen LogP contribution is 2.31. The average molecular weight is 225 g/mol. The summed E-state index contributed by atoms with van der Waals surface area (Å²) in [5.74, 6) is -0.670. The number of likely N-dealkylation sites (tertiary alicyclic amines) is 1. The Morgan fingerprint density at radius 2 is 2.53 bits per heavy atom. The number of hydrogen-bond donors (Lipinski definition) is 1. The summed E-state index contributed by atoms with van der Waals surface area (Å²) in [6.45, 7) is 4.28. The molecule has 4 heteroatoms. The number of hydrogen-bond acceptors (Lipinski definition) is 3. The molecule has 3 nitrogen and oxygen atoms in total. The second-order valence-corrected chi connectivity index (χ2v) is 5.44. The molecule has 2 rings (SSSR count). The minimum absolute atomic E-state index is 0.544. The Kier molecular flexibility index (Phi) is 2.80. The SMILES string of the molecule is CC1(C(=O)O)CCN(Cc2cccs2)C1. The van der Waals surface area contributed by atoms with Gasteiger partial charge < -0.3 is 5.11 Å². The highest BCUT2D eigenvalue weighted by Gasteiger charge is 2.40. The molecule has 0 bridgehead atoms. The Hall–Kier alpha value is -0.870. The van der Waals surface area contributed by atoms with Crippen LogP contribution >= 0.6 is 11.3 Å². The molecule has 15 heavy (non-hydrogen) atoms. The molecule has 2 heterocycles. The van der Waals surface area contributed by atoms with Crippen LogP contribution in [0, 0.1) is 5.41 Å². The van der Waals surface area contributed by atoms with Crippen LogP contribution in [-0.4, -0.2) is 29.1 Å². The number of carbonyl (C=O) groups is 1. The second-order valence-electron chi connectivity index (χ2n) is 4.41. The summed E-state index contributed by atoms with van der Waals surface area (Å²) >= 11 is 1.73. The van der Waals surface area contributed by atoms with Gasteiger partial charge in [0.25, 0.3) is 0 Å². The van der Waals surface area contributed by atoms with E-state index in [2.05, 4.69) is 16.3 Å². The van der Waals surface area contributed by atoms with E-state index in [0.717, 1.165) is 19.5 Å². The summed E-state index contributed by atoms with van der Waals surface area (Å²) in [5.41, 5.74) is -0.544. The normalized spacial score (nSPS) is 27.0. The molecular formula is C11H15NO2S. The van der Waals surface area contributed by atoms with Crippen LogP contribution in [0.2, 0.25) is 0 Å². The van der Waals surface area contributed by atoms with E-state index >= 15 is 0 Å². The smallest absolute Gasteiger partial charge is 0.310 e. The zero-order valence-electron chi connectivity index (χ0n) is 8.77. The van der Waals surface area contributed by atoms with Gasteiger partial charge in [0.2, 0.25) is 0 Å². The highest BCUT2D eigenvalue weighted by molar-refractivity contribution is 7.09. The number of carboxylic acids is 1. The molecule has 1 atom stereocenters.